The van der Waals surface area contributed by atoms with Gasteiger partial charge in [0.15, 0.2) is 0 Å². The highest BCUT2D eigenvalue weighted by atomic mass is 127. The van der Waals surface area contributed by atoms with E-state index in [4.69, 9.17) is 4.74 Å². The van der Waals surface area contributed by atoms with Crippen molar-refractivity contribution in [1.29, 1.82) is 0 Å². The smallest absolute Gasteiger partial charge is 0.339 e. The number of nitrogens with two attached hydrogens (primary N) is 1. The van der Waals surface area contributed by atoms with Gasteiger partial charge in [-0.05, 0) is 93.8 Å². The van der Waals surface area contributed by atoms with Crippen LogP contribution < -0.4 is 5.32 Å². The summed E-state index contributed by atoms with van der Waals surface area (Å²) >= 11 is 6.71. The fourth-order valence-corrected chi connectivity index (χ4v) is 4.85. The van der Waals surface area contributed by atoms with Gasteiger partial charge in [-0.15, -0.1) is 0 Å². The van der Waals surface area contributed by atoms with Crippen LogP contribution in [0.2, 0.25) is 0 Å². The highest BCUT2D eigenvalue weighted by Gasteiger charge is 2.38. The van der Waals surface area contributed by atoms with E-state index in [9.17, 15) is 4.79 Å². The molecule has 1 fully saturated rings. The Hall–Kier alpha value is 0.840. The molecular formula is C14H17I3NO2+. The molecule has 1 aliphatic rings. The highest BCUT2D eigenvalue weighted by molar-refractivity contribution is 14.1. The molecule has 0 aliphatic carbocycles. The Balaban J connectivity index is 2.19. The number of rotatable bonds is 3. The van der Waals surface area contributed by atoms with E-state index in [2.05, 4.69) is 79.2 Å². The van der Waals surface area contributed by atoms with E-state index in [-0.39, 0.29) is 5.97 Å². The third kappa shape index (κ3) is 3.97. The van der Waals surface area contributed by atoms with Gasteiger partial charge in [0.1, 0.15) is 5.60 Å². The Bertz CT molecular complexity index is 525. The van der Waals surface area contributed by atoms with Gasteiger partial charge < -0.3 is 10.1 Å². The van der Waals surface area contributed by atoms with Crippen LogP contribution in [-0.2, 0) is 4.74 Å². The lowest BCUT2D eigenvalue weighted by Crippen LogP contribution is -2.81. The molecular weight excluding hydrogens is 595 g/mol. The van der Waals surface area contributed by atoms with E-state index in [0.29, 0.717) is 11.5 Å². The van der Waals surface area contributed by atoms with Crippen LogP contribution in [0.15, 0.2) is 12.1 Å². The predicted molar refractivity (Wildman–Crippen MR) is 104 cm³/mol. The van der Waals surface area contributed by atoms with Crippen LogP contribution in [0, 0.1) is 16.6 Å². The predicted octanol–water partition coefficient (Wildman–Crippen LogP) is 3.02. The molecule has 1 aromatic rings. The zero-order chi connectivity index (χ0) is 14.9. The summed E-state index contributed by atoms with van der Waals surface area (Å²) in [5.74, 6) is 0.230. The third-order valence-electron chi connectivity index (χ3n) is 3.72. The first-order chi connectivity index (χ1) is 9.31. The van der Waals surface area contributed by atoms with Gasteiger partial charge in [0.05, 0.1) is 24.6 Å². The van der Waals surface area contributed by atoms with Crippen molar-refractivity contribution < 1.29 is 14.8 Å². The molecule has 0 bridgehead atoms. The van der Waals surface area contributed by atoms with Gasteiger partial charge in [0.25, 0.3) is 0 Å². The summed E-state index contributed by atoms with van der Waals surface area (Å²) in [5.41, 5.74) is 0.275. The quantitative estimate of drug-likeness (QED) is 0.325. The molecule has 0 spiro atoms. The van der Waals surface area contributed by atoms with Crippen molar-refractivity contribution in [3.8, 4) is 0 Å². The summed E-state index contributed by atoms with van der Waals surface area (Å²) in [4.78, 5) is 12.5. The molecule has 0 radical (unpaired) electrons. The molecule has 1 atom stereocenters. The normalized spacial score (nSPS) is 19.1. The van der Waals surface area contributed by atoms with Gasteiger partial charge in [-0.3, -0.25) is 0 Å². The van der Waals surface area contributed by atoms with Crippen molar-refractivity contribution in [3.05, 3.63) is 28.4 Å². The maximum Gasteiger partial charge on any atom is 0.339 e. The van der Waals surface area contributed by atoms with Gasteiger partial charge in [-0.1, -0.05) is 0 Å². The van der Waals surface area contributed by atoms with Gasteiger partial charge in [0, 0.05) is 17.1 Å². The molecule has 0 saturated carbocycles. The molecule has 1 aliphatic heterocycles. The zero-order valence-corrected chi connectivity index (χ0v) is 17.9. The third-order valence-corrected chi connectivity index (χ3v) is 7.39. The first-order valence-corrected chi connectivity index (χ1v) is 9.74. The van der Waals surface area contributed by atoms with Crippen molar-refractivity contribution >= 4 is 73.7 Å². The van der Waals surface area contributed by atoms with Crippen molar-refractivity contribution in [2.24, 2.45) is 5.92 Å². The minimum Gasteiger partial charge on any atom is -0.456 e. The number of carbonyl (C=O) groups is 1. The topological polar surface area (TPSA) is 42.9 Å². The van der Waals surface area contributed by atoms with Gasteiger partial charge >= 0.3 is 5.97 Å². The second-order valence-corrected chi connectivity index (χ2v) is 9.03. The van der Waals surface area contributed by atoms with Gasteiger partial charge in [-0.25, -0.2) is 4.79 Å². The summed E-state index contributed by atoms with van der Waals surface area (Å²) in [6, 6.07) is 3.97. The number of quaternary nitrogens is 1. The van der Waals surface area contributed by atoms with E-state index >= 15 is 0 Å². The van der Waals surface area contributed by atoms with Crippen LogP contribution in [0.1, 0.15) is 30.6 Å². The first kappa shape index (κ1) is 17.2. The number of benzene rings is 1. The highest BCUT2D eigenvalue weighted by Crippen LogP contribution is 2.29. The molecule has 3 nitrogen and oxygen atoms in total. The molecule has 1 aromatic carbocycles. The number of esters is 1. The van der Waals surface area contributed by atoms with Crippen LogP contribution >= 0.6 is 67.8 Å². The summed E-state index contributed by atoms with van der Waals surface area (Å²) in [6.45, 7) is 6.23. The molecule has 0 amide bonds. The number of halogens is 3. The molecule has 1 saturated heterocycles. The van der Waals surface area contributed by atoms with Crippen LogP contribution in [-0.4, -0.2) is 24.7 Å². The van der Waals surface area contributed by atoms with Gasteiger partial charge in [0.2, 0.25) is 0 Å². The van der Waals surface area contributed by atoms with E-state index < -0.39 is 5.60 Å². The number of carbonyl (C=O) groups excluding carboxylic acids is 1. The molecule has 110 valence electrons. The minimum atomic E-state index is -0.403. The zero-order valence-electron chi connectivity index (χ0n) is 11.4. The van der Waals surface area contributed by atoms with E-state index in [0.717, 1.165) is 30.2 Å². The lowest BCUT2D eigenvalue weighted by Gasteiger charge is -2.29. The van der Waals surface area contributed by atoms with Crippen LogP contribution in [0.25, 0.3) is 0 Å². The number of hydrogen-bond donors (Lipinski definition) is 1. The average Bonchev–Trinajstić information content (AvgIpc) is 2.87. The fraction of sp³-hybridized carbons (Fsp3) is 0.500. The van der Waals surface area contributed by atoms with Gasteiger partial charge in [-0.2, -0.15) is 0 Å². The number of hydrogen-bond acceptors (Lipinski definition) is 2. The molecule has 1 heterocycles. The second kappa shape index (κ2) is 6.95. The van der Waals surface area contributed by atoms with E-state index in [1.54, 1.807) is 0 Å². The molecule has 2 rings (SSSR count). The second-order valence-electron chi connectivity index (χ2n) is 5.54. The summed E-state index contributed by atoms with van der Waals surface area (Å²) in [5, 5.41) is 2.29. The Kier molecular flexibility index (Phi) is 5.97. The molecule has 20 heavy (non-hydrogen) atoms. The minimum absolute atomic E-state index is 0.206. The van der Waals surface area contributed by atoms with E-state index in [1.807, 2.05) is 19.9 Å². The average molecular weight is 612 g/mol. The maximum atomic E-state index is 12.5. The Labute approximate surface area is 160 Å². The van der Waals surface area contributed by atoms with Crippen molar-refractivity contribution in [2.45, 2.75) is 25.9 Å². The van der Waals surface area contributed by atoms with Crippen LogP contribution in [0.4, 0.5) is 0 Å². The maximum absolute atomic E-state index is 12.5. The molecule has 2 N–H and O–H groups in total. The van der Waals surface area contributed by atoms with Crippen LogP contribution in [0.3, 0.4) is 0 Å². The Morgan fingerprint density at radius 3 is 2.65 bits per heavy atom. The van der Waals surface area contributed by atoms with Crippen molar-refractivity contribution in [3.63, 3.8) is 0 Å². The fourth-order valence-electron chi connectivity index (χ4n) is 2.47. The number of ether oxygens (including phenoxy) is 1. The monoisotopic (exact) mass is 612 g/mol. The van der Waals surface area contributed by atoms with E-state index in [1.165, 1.54) is 0 Å². The summed E-state index contributed by atoms with van der Waals surface area (Å²) in [7, 11) is 0. The summed E-state index contributed by atoms with van der Waals surface area (Å²) < 4.78 is 8.96. The van der Waals surface area contributed by atoms with Crippen molar-refractivity contribution in [2.75, 3.05) is 13.1 Å². The molecule has 1 unspecified atom stereocenters. The lowest BCUT2D eigenvalue weighted by molar-refractivity contribution is -0.639. The van der Waals surface area contributed by atoms with Crippen LogP contribution in [0.5, 0.6) is 0 Å². The molecule has 0 aromatic heterocycles. The first-order valence-electron chi connectivity index (χ1n) is 6.51. The largest absolute Gasteiger partial charge is 0.456 e. The molecule has 6 heteroatoms. The summed E-state index contributed by atoms with van der Waals surface area (Å²) in [6.07, 6.45) is 1.11. The SMILES string of the molecule is CC(C)(OC(=O)c1cc(I)cc(I)c1I)C1CC[NH2+]C1. The standard InChI is InChI=1S/C14H16I3NO2/c1-14(2,8-3-4-18-7-8)20-13(19)10-5-9(15)6-11(16)12(10)17/h5-6,8,18H,3-4,7H2,1-2H3/p+1. The Morgan fingerprint density at radius 1 is 1.35 bits per heavy atom. The lowest BCUT2D eigenvalue weighted by atomic mass is 9.90. The van der Waals surface area contributed by atoms with Crippen molar-refractivity contribution in [1.82, 2.24) is 0 Å². The Morgan fingerprint density at radius 2 is 2.05 bits per heavy atom.